The molecule has 22 heavy (non-hydrogen) atoms. The molecular formula is C18H16N4. The predicted molar refractivity (Wildman–Crippen MR) is 85.3 cm³/mol. The van der Waals surface area contributed by atoms with Crippen molar-refractivity contribution < 1.29 is 0 Å². The molecule has 4 rings (SSSR count). The van der Waals surface area contributed by atoms with Gasteiger partial charge in [-0.1, -0.05) is 0 Å². The molecule has 2 aromatic heterocycles. The minimum absolute atomic E-state index is 0.563. The first-order valence-corrected chi connectivity index (χ1v) is 7.60. The van der Waals surface area contributed by atoms with Gasteiger partial charge in [-0.2, -0.15) is 10.4 Å². The predicted octanol–water partition coefficient (Wildman–Crippen LogP) is 4.00. The Balaban J connectivity index is 1.78. The van der Waals surface area contributed by atoms with Gasteiger partial charge in [0.2, 0.25) is 0 Å². The molecule has 4 nitrogen and oxygen atoms in total. The van der Waals surface area contributed by atoms with E-state index in [1.807, 2.05) is 24.4 Å². The third kappa shape index (κ3) is 2.06. The molecule has 1 aliphatic carbocycles. The number of hydrogen-bond donors (Lipinski definition) is 0. The Morgan fingerprint density at radius 1 is 1.27 bits per heavy atom. The number of nitriles is 1. The summed E-state index contributed by atoms with van der Waals surface area (Å²) in [5.74, 6) is 0. The second-order valence-corrected chi connectivity index (χ2v) is 5.96. The first-order valence-electron chi connectivity index (χ1n) is 7.60. The SMILES string of the molecule is Cc1cc(-c2cnn(C3CCC3)c2)nc2ccc(C#N)cc12. The number of rotatable bonds is 2. The van der Waals surface area contributed by atoms with Gasteiger partial charge in [0.05, 0.1) is 35.1 Å². The molecule has 0 unspecified atom stereocenters. The van der Waals surface area contributed by atoms with Crippen molar-refractivity contribution in [3.05, 3.63) is 47.8 Å². The molecular weight excluding hydrogens is 272 g/mol. The third-order valence-corrected chi connectivity index (χ3v) is 4.49. The highest BCUT2D eigenvalue weighted by Gasteiger charge is 2.20. The zero-order chi connectivity index (χ0) is 15.1. The molecule has 1 aromatic carbocycles. The van der Waals surface area contributed by atoms with Gasteiger partial charge in [-0.25, -0.2) is 4.98 Å². The summed E-state index contributed by atoms with van der Waals surface area (Å²) in [5, 5.41) is 14.5. The molecule has 3 aromatic rings. The lowest BCUT2D eigenvalue weighted by molar-refractivity contribution is 0.289. The molecule has 0 aliphatic heterocycles. The van der Waals surface area contributed by atoms with E-state index in [-0.39, 0.29) is 0 Å². The Bertz CT molecular complexity index is 897. The van der Waals surface area contributed by atoms with Crippen LogP contribution in [-0.2, 0) is 0 Å². The van der Waals surface area contributed by atoms with Crippen LogP contribution in [0.1, 0.15) is 36.4 Å². The fourth-order valence-electron chi connectivity index (χ4n) is 2.93. The van der Waals surface area contributed by atoms with Crippen LogP contribution in [0.15, 0.2) is 36.7 Å². The molecule has 1 fully saturated rings. The lowest BCUT2D eigenvalue weighted by Crippen LogP contribution is -2.16. The van der Waals surface area contributed by atoms with Crippen molar-refractivity contribution >= 4 is 10.9 Å². The van der Waals surface area contributed by atoms with Gasteiger partial charge in [0.15, 0.2) is 0 Å². The van der Waals surface area contributed by atoms with Crippen LogP contribution in [0.25, 0.3) is 22.2 Å². The molecule has 108 valence electrons. The maximum absolute atomic E-state index is 9.02. The summed E-state index contributed by atoms with van der Waals surface area (Å²) in [4.78, 5) is 4.74. The Labute approximate surface area is 129 Å². The minimum atomic E-state index is 0.563. The number of nitrogens with zero attached hydrogens (tertiary/aromatic N) is 4. The summed E-state index contributed by atoms with van der Waals surface area (Å²) in [6.07, 6.45) is 7.75. The number of aryl methyl sites for hydroxylation is 1. The number of fused-ring (bicyclic) bond motifs is 1. The molecule has 0 amide bonds. The number of hydrogen-bond acceptors (Lipinski definition) is 3. The van der Waals surface area contributed by atoms with Crippen LogP contribution in [0, 0.1) is 18.3 Å². The lowest BCUT2D eigenvalue weighted by Gasteiger charge is -2.25. The summed E-state index contributed by atoms with van der Waals surface area (Å²) in [7, 11) is 0. The Kier molecular flexibility index (Phi) is 2.93. The van der Waals surface area contributed by atoms with E-state index in [0.717, 1.165) is 27.7 Å². The fraction of sp³-hybridized carbons (Fsp3) is 0.278. The summed E-state index contributed by atoms with van der Waals surface area (Å²) < 4.78 is 2.07. The Morgan fingerprint density at radius 3 is 2.86 bits per heavy atom. The van der Waals surface area contributed by atoms with Crippen molar-refractivity contribution in [2.75, 3.05) is 0 Å². The van der Waals surface area contributed by atoms with Crippen molar-refractivity contribution in [3.8, 4) is 17.3 Å². The fourth-order valence-corrected chi connectivity index (χ4v) is 2.93. The highest BCUT2D eigenvalue weighted by Crippen LogP contribution is 2.32. The largest absolute Gasteiger partial charge is 0.269 e. The molecule has 2 heterocycles. The van der Waals surface area contributed by atoms with Crippen LogP contribution in [0.2, 0.25) is 0 Å². The van der Waals surface area contributed by atoms with E-state index < -0.39 is 0 Å². The van der Waals surface area contributed by atoms with Gasteiger partial charge in [0.25, 0.3) is 0 Å². The normalized spacial score (nSPS) is 14.7. The maximum Gasteiger partial charge on any atom is 0.0991 e. The van der Waals surface area contributed by atoms with Gasteiger partial charge < -0.3 is 0 Å². The average Bonchev–Trinajstić information content (AvgIpc) is 2.94. The van der Waals surface area contributed by atoms with Gasteiger partial charge in [0, 0.05) is 17.1 Å². The van der Waals surface area contributed by atoms with Crippen molar-refractivity contribution in [2.24, 2.45) is 0 Å². The second kappa shape index (κ2) is 4.96. The molecule has 1 aliphatic rings. The summed E-state index contributed by atoms with van der Waals surface area (Å²) in [6, 6.07) is 10.5. The number of pyridine rings is 1. The lowest BCUT2D eigenvalue weighted by atomic mass is 9.93. The van der Waals surface area contributed by atoms with Crippen LogP contribution in [-0.4, -0.2) is 14.8 Å². The van der Waals surface area contributed by atoms with E-state index in [1.165, 1.54) is 19.3 Å². The zero-order valence-electron chi connectivity index (χ0n) is 12.5. The van der Waals surface area contributed by atoms with E-state index in [4.69, 9.17) is 10.2 Å². The van der Waals surface area contributed by atoms with Crippen LogP contribution in [0.4, 0.5) is 0 Å². The zero-order valence-corrected chi connectivity index (χ0v) is 12.5. The molecule has 0 N–H and O–H groups in total. The van der Waals surface area contributed by atoms with Gasteiger partial charge in [0.1, 0.15) is 0 Å². The van der Waals surface area contributed by atoms with Gasteiger partial charge >= 0.3 is 0 Å². The van der Waals surface area contributed by atoms with E-state index >= 15 is 0 Å². The van der Waals surface area contributed by atoms with E-state index in [9.17, 15) is 0 Å². The van der Waals surface area contributed by atoms with E-state index in [1.54, 1.807) is 0 Å². The highest BCUT2D eigenvalue weighted by atomic mass is 15.3. The standard InChI is InChI=1S/C18H16N4/c1-12-7-18(14-10-20-22(11-14)15-3-2-4-15)21-17-6-5-13(9-19)8-16(12)17/h5-8,10-11,15H,2-4H2,1H3. The van der Waals surface area contributed by atoms with Crippen LogP contribution in [0.3, 0.4) is 0 Å². The topological polar surface area (TPSA) is 54.5 Å². The van der Waals surface area contributed by atoms with Crippen molar-refractivity contribution in [1.29, 1.82) is 5.26 Å². The van der Waals surface area contributed by atoms with E-state index in [2.05, 4.69) is 35.0 Å². The summed E-state index contributed by atoms with van der Waals surface area (Å²) in [6.45, 7) is 2.06. The second-order valence-electron chi connectivity index (χ2n) is 5.96. The minimum Gasteiger partial charge on any atom is -0.269 e. The molecule has 1 saturated carbocycles. The average molecular weight is 288 g/mol. The van der Waals surface area contributed by atoms with Crippen LogP contribution < -0.4 is 0 Å². The maximum atomic E-state index is 9.02. The first-order chi connectivity index (χ1) is 10.7. The quantitative estimate of drug-likeness (QED) is 0.716. The molecule has 4 heteroatoms. The van der Waals surface area contributed by atoms with Crippen molar-refractivity contribution in [3.63, 3.8) is 0 Å². The van der Waals surface area contributed by atoms with Gasteiger partial charge in [-0.15, -0.1) is 0 Å². The highest BCUT2D eigenvalue weighted by molar-refractivity contribution is 5.86. The molecule has 0 bridgehead atoms. The molecule has 0 spiro atoms. The molecule has 0 saturated heterocycles. The monoisotopic (exact) mass is 288 g/mol. The van der Waals surface area contributed by atoms with E-state index in [0.29, 0.717) is 11.6 Å². The summed E-state index contributed by atoms with van der Waals surface area (Å²) in [5.41, 5.74) is 4.73. The summed E-state index contributed by atoms with van der Waals surface area (Å²) >= 11 is 0. The Morgan fingerprint density at radius 2 is 2.14 bits per heavy atom. The van der Waals surface area contributed by atoms with Crippen LogP contribution >= 0.6 is 0 Å². The smallest absolute Gasteiger partial charge is 0.0991 e. The van der Waals surface area contributed by atoms with Gasteiger partial charge in [-0.3, -0.25) is 4.68 Å². The third-order valence-electron chi connectivity index (χ3n) is 4.49. The number of aromatic nitrogens is 3. The van der Waals surface area contributed by atoms with Gasteiger partial charge in [-0.05, 0) is 56.0 Å². The number of benzene rings is 1. The molecule has 0 radical (unpaired) electrons. The van der Waals surface area contributed by atoms with Crippen molar-refractivity contribution in [2.45, 2.75) is 32.2 Å². The first kappa shape index (κ1) is 13.0. The Hall–Kier alpha value is -2.67. The molecule has 0 atom stereocenters. The van der Waals surface area contributed by atoms with Crippen LogP contribution in [0.5, 0.6) is 0 Å². The van der Waals surface area contributed by atoms with Crippen molar-refractivity contribution in [1.82, 2.24) is 14.8 Å².